The Hall–Kier alpha value is -0.0900. The molecule has 1 aromatic rings. The number of rotatable bonds is 3. The van der Waals surface area contributed by atoms with Gasteiger partial charge in [0.15, 0.2) is 0 Å². The molecule has 3 atom stereocenters. The average Bonchev–Trinajstić information content (AvgIpc) is 2.34. The molecule has 0 radical (unpaired) electrons. The van der Waals surface area contributed by atoms with Gasteiger partial charge in [0.25, 0.3) is 0 Å². The summed E-state index contributed by atoms with van der Waals surface area (Å²) in [6.45, 7) is 4.70. The molecule has 0 heterocycles. The third kappa shape index (κ3) is 3.70. The lowest BCUT2D eigenvalue weighted by Crippen LogP contribution is -2.38. The van der Waals surface area contributed by atoms with E-state index in [-0.39, 0.29) is 0 Å². The van der Waals surface area contributed by atoms with Gasteiger partial charge in [0.2, 0.25) is 0 Å². The molecule has 100 valence electrons. The van der Waals surface area contributed by atoms with Crippen molar-refractivity contribution in [2.75, 3.05) is 0 Å². The fourth-order valence-electron chi connectivity index (χ4n) is 3.09. The summed E-state index contributed by atoms with van der Waals surface area (Å²) in [5.41, 5.74) is 7.76. The zero-order valence-electron chi connectivity index (χ0n) is 11.4. The van der Waals surface area contributed by atoms with Crippen molar-refractivity contribution in [1.82, 2.24) is 0 Å². The van der Waals surface area contributed by atoms with E-state index in [4.69, 9.17) is 5.73 Å². The zero-order valence-corrected chi connectivity index (χ0v) is 13.6. The molecule has 0 spiro atoms. The number of hydrogen-bond acceptors (Lipinski definition) is 1. The minimum atomic E-state index is 0.402. The summed E-state index contributed by atoms with van der Waals surface area (Å²) in [4.78, 5) is 0. The Bertz CT molecular complexity index is 371. The van der Waals surface area contributed by atoms with Crippen LogP contribution in [0.5, 0.6) is 0 Å². The zero-order chi connectivity index (χ0) is 13.1. The maximum absolute atomic E-state index is 6.32. The summed E-state index contributed by atoms with van der Waals surface area (Å²) in [7, 11) is 0. The Balaban J connectivity index is 2.00. The minimum absolute atomic E-state index is 0.402. The third-order valence-electron chi connectivity index (χ3n) is 4.44. The van der Waals surface area contributed by atoms with Gasteiger partial charge in [-0.3, -0.25) is 0 Å². The van der Waals surface area contributed by atoms with Crippen molar-refractivity contribution in [3.8, 4) is 0 Å². The van der Waals surface area contributed by atoms with Crippen molar-refractivity contribution in [1.29, 1.82) is 0 Å². The number of halogens is 1. The molecule has 0 bridgehead atoms. The van der Waals surface area contributed by atoms with Crippen molar-refractivity contribution >= 4 is 22.6 Å². The first-order chi connectivity index (χ1) is 8.56. The van der Waals surface area contributed by atoms with E-state index in [0.717, 1.165) is 18.3 Å². The second kappa shape index (κ2) is 6.38. The minimum Gasteiger partial charge on any atom is -0.327 e. The monoisotopic (exact) mass is 357 g/mol. The van der Waals surface area contributed by atoms with Crippen LogP contribution < -0.4 is 5.73 Å². The van der Waals surface area contributed by atoms with Crippen LogP contribution in [0.25, 0.3) is 0 Å². The van der Waals surface area contributed by atoms with Crippen LogP contribution in [0.4, 0.5) is 0 Å². The van der Waals surface area contributed by atoms with E-state index >= 15 is 0 Å². The van der Waals surface area contributed by atoms with E-state index in [1.807, 2.05) is 0 Å². The maximum atomic E-state index is 6.32. The van der Waals surface area contributed by atoms with Crippen LogP contribution >= 0.6 is 22.6 Å². The maximum Gasteiger partial charge on any atom is 0.0130 e. The van der Waals surface area contributed by atoms with Crippen LogP contribution in [-0.2, 0) is 6.42 Å². The van der Waals surface area contributed by atoms with Gasteiger partial charge >= 0.3 is 0 Å². The molecular formula is C16H24IN. The largest absolute Gasteiger partial charge is 0.327 e. The molecule has 2 heteroatoms. The topological polar surface area (TPSA) is 26.0 Å². The standard InChI is InChI=1S/C16H24IN/c1-11(2)13-5-8-16(18)14(10-13)9-12-3-6-15(17)7-4-12/h3-4,6-7,11,13-14,16H,5,8-10,18H2,1-2H3. The summed E-state index contributed by atoms with van der Waals surface area (Å²) in [6, 6.07) is 9.31. The first-order valence-electron chi connectivity index (χ1n) is 7.06. The summed E-state index contributed by atoms with van der Waals surface area (Å²) in [6.07, 6.45) is 4.99. The van der Waals surface area contributed by atoms with Crippen LogP contribution in [0, 0.1) is 21.3 Å². The smallest absolute Gasteiger partial charge is 0.0130 e. The summed E-state index contributed by atoms with van der Waals surface area (Å²) in [5, 5.41) is 0. The SMILES string of the molecule is CC(C)C1CCC(N)C(Cc2ccc(I)cc2)C1. The molecule has 0 aliphatic heterocycles. The lowest BCUT2D eigenvalue weighted by molar-refractivity contribution is 0.189. The van der Waals surface area contributed by atoms with Gasteiger partial charge in [-0.1, -0.05) is 26.0 Å². The van der Waals surface area contributed by atoms with Gasteiger partial charge in [0, 0.05) is 9.61 Å². The van der Waals surface area contributed by atoms with Crippen molar-refractivity contribution in [3.63, 3.8) is 0 Å². The molecule has 0 amide bonds. The predicted octanol–water partition coefficient (Wildman–Crippen LogP) is 4.23. The molecule has 3 unspecified atom stereocenters. The van der Waals surface area contributed by atoms with Crippen LogP contribution in [0.2, 0.25) is 0 Å². The van der Waals surface area contributed by atoms with Crippen LogP contribution in [0.15, 0.2) is 24.3 Å². The van der Waals surface area contributed by atoms with Gasteiger partial charge in [0.05, 0.1) is 0 Å². The Morgan fingerprint density at radius 3 is 2.50 bits per heavy atom. The molecule has 1 nitrogen and oxygen atoms in total. The molecule has 2 rings (SSSR count). The van der Waals surface area contributed by atoms with Gasteiger partial charge in [-0.2, -0.15) is 0 Å². The number of benzene rings is 1. The highest BCUT2D eigenvalue weighted by Crippen LogP contribution is 2.34. The molecule has 18 heavy (non-hydrogen) atoms. The molecule has 1 aromatic carbocycles. The number of nitrogens with two attached hydrogens (primary N) is 1. The normalized spacial score (nSPS) is 28.6. The quantitative estimate of drug-likeness (QED) is 0.805. The average molecular weight is 357 g/mol. The molecule has 0 aromatic heterocycles. The van der Waals surface area contributed by atoms with Crippen molar-refractivity contribution < 1.29 is 0 Å². The molecule has 1 saturated carbocycles. The fraction of sp³-hybridized carbons (Fsp3) is 0.625. The van der Waals surface area contributed by atoms with Crippen LogP contribution in [0.1, 0.15) is 38.7 Å². The second-order valence-corrected chi connectivity index (χ2v) is 7.32. The van der Waals surface area contributed by atoms with Gasteiger partial charge < -0.3 is 5.73 Å². The first kappa shape index (κ1) is 14.3. The molecular weight excluding hydrogens is 333 g/mol. The van der Waals surface area contributed by atoms with Crippen molar-refractivity contribution in [3.05, 3.63) is 33.4 Å². The van der Waals surface area contributed by atoms with Gasteiger partial charge in [-0.25, -0.2) is 0 Å². The lowest BCUT2D eigenvalue weighted by Gasteiger charge is -2.36. The van der Waals surface area contributed by atoms with E-state index in [2.05, 4.69) is 60.7 Å². The molecule has 1 aliphatic rings. The molecule has 1 aliphatic carbocycles. The summed E-state index contributed by atoms with van der Waals surface area (Å²) < 4.78 is 1.31. The first-order valence-corrected chi connectivity index (χ1v) is 8.14. The van der Waals surface area contributed by atoms with E-state index in [1.54, 1.807) is 0 Å². The Morgan fingerprint density at radius 1 is 1.22 bits per heavy atom. The van der Waals surface area contributed by atoms with Crippen molar-refractivity contribution in [2.24, 2.45) is 23.5 Å². The van der Waals surface area contributed by atoms with Crippen LogP contribution in [0.3, 0.4) is 0 Å². The highest BCUT2D eigenvalue weighted by Gasteiger charge is 2.29. The molecule has 2 N–H and O–H groups in total. The molecule has 1 fully saturated rings. The highest BCUT2D eigenvalue weighted by molar-refractivity contribution is 14.1. The van der Waals surface area contributed by atoms with Gasteiger partial charge in [-0.05, 0) is 83.7 Å². The third-order valence-corrected chi connectivity index (χ3v) is 5.15. The fourth-order valence-corrected chi connectivity index (χ4v) is 3.45. The van der Waals surface area contributed by atoms with Crippen LogP contribution in [-0.4, -0.2) is 6.04 Å². The molecule has 0 saturated heterocycles. The van der Waals surface area contributed by atoms with E-state index in [1.165, 1.54) is 28.4 Å². The second-order valence-electron chi connectivity index (χ2n) is 6.07. The van der Waals surface area contributed by atoms with E-state index < -0.39 is 0 Å². The van der Waals surface area contributed by atoms with E-state index in [0.29, 0.717) is 12.0 Å². The summed E-state index contributed by atoms with van der Waals surface area (Å²) >= 11 is 2.36. The Morgan fingerprint density at radius 2 is 1.89 bits per heavy atom. The summed E-state index contributed by atoms with van der Waals surface area (Å²) in [5.74, 6) is 2.35. The van der Waals surface area contributed by atoms with Crippen molar-refractivity contribution in [2.45, 2.75) is 45.6 Å². The van der Waals surface area contributed by atoms with E-state index in [9.17, 15) is 0 Å². The predicted molar refractivity (Wildman–Crippen MR) is 86.5 cm³/mol. The van der Waals surface area contributed by atoms with Gasteiger partial charge in [-0.15, -0.1) is 0 Å². The Labute approximate surface area is 125 Å². The number of hydrogen-bond donors (Lipinski definition) is 1. The lowest BCUT2D eigenvalue weighted by atomic mass is 9.72. The van der Waals surface area contributed by atoms with Gasteiger partial charge in [0.1, 0.15) is 0 Å². The Kier molecular flexibility index (Phi) is 5.07. The highest BCUT2D eigenvalue weighted by atomic mass is 127.